The molecule has 0 bridgehead atoms. The monoisotopic (exact) mass is 373 g/mol. The third-order valence-electron chi connectivity index (χ3n) is 4.49. The summed E-state index contributed by atoms with van der Waals surface area (Å²) in [7, 11) is 0. The lowest BCUT2D eigenvalue weighted by Crippen LogP contribution is -2.56. The van der Waals surface area contributed by atoms with Crippen LogP contribution in [0.4, 0.5) is 0 Å². The van der Waals surface area contributed by atoms with Crippen LogP contribution in [0.1, 0.15) is 43.1 Å². The number of H-pyrrole nitrogens is 1. The first-order chi connectivity index (χ1) is 12.3. The highest BCUT2D eigenvalue weighted by Gasteiger charge is 2.42. The minimum atomic E-state index is -0.698. The number of rotatable bonds is 4. The molecule has 0 radical (unpaired) electrons. The van der Waals surface area contributed by atoms with Crippen molar-refractivity contribution < 1.29 is 9.59 Å². The van der Waals surface area contributed by atoms with Crippen LogP contribution < -0.4 is 5.32 Å². The molecule has 2 aromatic rings. The van der Waals surface area contributed by atoms with Gasteiger partial charge in [0.15, 0.2) is 0 Å². The number of hydrogen-bond donors (Lipinski definition) is 2. The smallest absolute Gasteiger partial charge is 0.257 e. The average molecular weight is 374 g/mol. The molecule has 0 saturated heterocycles. The second kappa shape index (κ2) is 6.61. The first kappa shape index (κ1) is 18.2. The Kier molecular flexibility index (Phi) is 4.63. The highest BCUT2D eigenvalue weighted by Crippen LogP contribution is 2.37. The third kappa shape index (κ3) is 3.01. The Morgan fingerprint density at radius 2 is 2.27 bits per heavy atom. The van der Waals surface area contributed by atoms with Crippen LogP contribution >= 0.6 is 11.6 Å². The molecule has 26 heavy (non-hydrogen) atoms. The van der Waals surface area contributed by atoms with Gasteiger partial charge in [-0.05, 0) is 5.41 Å². The zero-order chi connectivity index (χ0) is 19.1. The van der Waals surface area contributed by atoms with E-state index in [1.165, 1.54) is 0 Å². The molecule has 0 aliphatic carbocycles. The molecule has 0 aromatic carbocycles. The molecular weight excluding hydrogens is 354 g/mol. The molecule has 136 valence electrons. The van der Waals surface area contributed by atoms with Gasteiger partial charge in [-0.2, -0.15) is 5.26 Å². The van der Waals surface area contributed by atoms with E-state index < -0.39 is 11.5 Å². The number of halogens is 1. The van der Waals surface area contributed by atoms with Crippen molar-refractivity contribution in [1.29, 1.82) is 5.26 Å². The van der Waals surface area contributed by atoms with Crippen LogP contribution in [0.25, 0.3) is 11.0 Å². The van der Waals surface area contributed by atoms with Crippen molar-refractivity contribution in [2.45, 2.75) is 39.8 Å². The van der Waals surface area contributed by atoms with Crippen LogP contribution in [-0.4, -0.2) is 39.3 Å². The Morgan fingerprint density at radius 3 is 2.92 bits per heavy atom. The van der Waals surface area contributed by atoms with Gasteiger partial charge in [-0.25, -0.2) is 4.98 Å². The number of pyridine rings is 1. The van der Waals surface area contributed by atoms with E-state index in [1.807, 2.05) is 26.8 Å². The molecule has 2 N–H and O–H groups in total. The molecule has 0 spiro atoms. The SMILES string of the molecule is CC(C)(C)C(C(=O)NCCC#N)N1Cc2c(Cl)cnc3[nH]cc(c23)C1=O. The Morgan fingerprint density at radius 1 is 1.54 bits per heavy atom. The van der Waals surface area contributed by atoms with E-state index in [2.05, 4.69) is 15.3 Å². The van der Waals surface area contributed by atoms with E-state index in [4.69, 9.17) is 16.9 Å². The van der Waals surface area contributed by atoms with Crippen LogP contribution in [0.5, 0.6) is 0 Å². The van der Waals surface area contributed by atoms with Crippen molar-refractivity contribution in [3.63, 3.8) is 0 Å². The number of carbonyl (C=O) groups excluding carboxylic acids is 2. The fraction of sp³-hybridized carbons (Fsp3) is 0.444. The zero-order valence-electron chi connectivity index (χ0n) is 14.9. The number of nitrogens with one attached hydrogen (secondary N) is 2. The zero-order valence-corrected chi connectivity index (χ0v) is 15.6. The highest BCUT2D eigenvalue weighted by molar-refractivity contribution is 6.32. The standard InChI is InChI=1S/C18H20ClN5O2/c1-18(2,3)14(16(25)21-6-4-5-20)24-9-11-12(19)8-23-15-13(11)10(7-22-15)17(24)26/h7-8,14H,4,6,9H2,1-3H3,(H,21,25)(H,22,23). The first-order valence-corrected chi connectivity index (χ1v) is 8.73. The van der Waals surface area contributed by atoms with E-state index in [0.29, 0.717) is 16.2 Å². The van der Waals surface area contributed by atoms with E-state index in [1.54, 1.807) is 17.3 Å². The second-order valence-corrected chi connectivity index (χ2v) is 7.82. The topological polar surface area (TPSA) is 102 Å². The summed E-state index contributed by atoms with van der Waals surface area (Å²) in [6, 6.07) is 1.30. The fourth-order valence-electron chi connectivity index (χ4n) is 3.41. The summed E-state index contributed by atoms with van der Waals surface area (Å²) in [6.07, 6.45) is 3.38. The lowest BCUT2D eigenvalue weighted by molar-refractivity contribution is -0.129. The molecule has 1 atom stereocenters. The molecule has 3 heterocycles. The quantitative estimate of drug-likeness (QED) is 0.804. The van der Waals surface area contributed by atoms with Crippen molar-refractivity contribution >= 4 is 34.4 Å². The number of aromatic nitrogens is 2. The maximum Gasteiger partial charge on any atom is 0.257 e. The normalized spacial score (nSPS) is 15.0. The van der Waals surface area contributed by atoms with Crippen LogP contribution in [0, 0.1) is 16.7 Å². The number of aromatic amines is 1. The van der Waals surface area contributed by atoms with E-state index >= 15 is 0 Å². The van der Waals surface area contributed by atoms with Gasteiger partial charge in [0.1, 0.15) is 11.7 Å². The number of hydrogen-bond acceptors (Lipinski definition) is 4. The van der Waals surface area contributed by atoms with Gasteiger partial charge >= 0.3 is 0 Å². The molecule has 7 nitrogen and oxygen atoms in total. The van der Waals surface area contributed by atoms with Crippen molar-refractivity contribution in [2.75, 3.05) is 6.54 Å². The molecule has 1 unspecified atom stereocenters. The Hall–Kier alpha value is -2.59. The van der Waals surface area contributed by atoms with E-state index in [0.717, 1.165) is 10.9 Å². The minimum absolute atomic E-state index is 0.218. The minimum Gasteiger partial charge on any atom is -0.353 e. The third-order valence-corrected chi connectivity index (χ3v) is 4.82. The summed E-state index contributed by atoms with van der Waals surface area (Å²) in [6.45, 7) is 6.20. The summed E-state index contributed by atoms with van der Waals surface area (Å²) in [5.74, 6) is -0.510. The molecule has 1 aliphatic heterocycles. The Balaban J connectivity index is 2.01. The van der Waals surface area contributed by atoms with Crippen LogP contribution in [-0.2, 0) is 11.3 Å². The molecule has 1 aliphatic rings. The number of nitrogens with zero attached hydrogens (tertiary/aromatic N) is 3. The molecule has 8 heteroatoms. The maximum absolute atomic E-state index is 13.1. The lowest BCUT2D eigenvalue weighted by Gasteiger charge is -2.40. The van der Waals surface area contributed by atoms with Crippen molar-refractivity contribution in [1.82, 2.24) is 20.2 Å². The fourth-order valence-corrected chi connectivity index (χ4v) is 3.61. The van der Waals surface area contributed by atoms with Gasteiger partial charge in [0, 0.05) is 36.4 Å². The van der Waals surface area contributed by atoms with E-state index in [9.17, 15) is 9.59 Å². The van der Waals surface area contributed by atoms with Gasteiger partial charge in [-0.3, -0.25) is 9.59 Å². The van der Waals surface area contributed by atoms with Crippen molar-refractivity contribution in [2.24, 2.45) is 5.41 Å². The Bertz CT molecular complexity index is 922. The molecule has 0 fully saturated rings. The molecule has 2 amide bonds. The van der Waals surface area contributed by atoms with Gasteiger partial charge in [0.25, 0.3) is 5.91 Å². The largest absolute Gasteiger partial charge is 0.353 e. The van der Waals surface area contributed by atoms with Gasteiger partial charge in [0.05, 0.1) is 23.1 Å². The summed E-state index contributed by atoms with van der Waals surface area (Å²) in [5, 5.41) is 12.6. The predicted octanol–water partition coefficient (Wildman–Crippen LogP) is 2.62. The molecular formula is C18H20ClN5O2. The lowest BCUT2D eigenvalue weighted by atomic mass is 9.83. The molecule has 0 saturated carbocycles. The van der Waals surface area contributed by atoms with Crippen LogP contribution in [0.15, 0.2) is 12.4 Å². The average Bonchev–Trinajstić information content (AvgIpc) is 2.99. The predicted molar refractivity (Wildman–Crippen MR) is 97.5 cm³/mol. The van der Waals surface area contributed by atoms with Crippen LogP contribution in [0.3, 0.4) is 0 Å². The van der Waals surface area contributed by atoms with Crippen LogP contribution in [0.2, 0.25) is 5.02 Å². The van der Waals surface area contributed by atoms with E-state index in [-0.39, 0.29) is 31.3 Å². The van der Waals surface area contributed by atoms with Crippen molar-refractivity contribution in [3.05, 3.63) is 28.5 Å². The number of nitriles is 1. The van der Waals surface area contributed by atoms with Crippen molar-refractivity contribution in [3.8, 4) is 6.07 Å². The van der Waals surface area contributed by atoms with Gasteiger partial charge in [-0.15, -0.1) is 0 Å². The summed E-state index contributed by atoms with van der Waals surface area (Å²) in [5.41, 5.74) is 1.36. The Labute approximate surface area is 156 Å². The van der Waals surface area contributed by atoms with Gasteiger partial charge in [-0.1, -0.05) is 32.4 Å². The summed E-state index contributed by atoms with van der Waals surface area (Å²) < 4.78 is 0. The first-order valence-electron chi connectivity index (χ1n) is 8.35. The second-order valence-electron chi connectivity index (χ2n) is 7.41. The number of amides is 2. The number of carbonyl (C=O) groups is 2. The maximum atomic E-state index is 13.1. The summed E-state index contributed by atoms with van der Waals surface area (Å²) >= 11 is 6.33. The molecule has 2 aromatic heterocycles. The van der Waals surface area contributed by atoms with Gasteiger partial charge < -0.3 is 15.2 Å². The summed E-state index contributed by atoms with van der Waals surface area (Å²) in [4.78, 5) is 34.7. The molecule has 3 rings (SSSR count). The van der Waals surface area contributed by atoms with Gasteiger partial charge in [0.2, 0.25) is 5.91 Å². The highest BCUT2D eigenvalue weighted by atomic mass is 35.5.